The maximum atomic E-state index is 7.67. The van der Waals surface area contributed by atoms with Crippen LogP contribution in [0.4, 0.5) is 5.69 Å². The van der Waals surface area contributed by atoms with Gasteiger partial charge >= 0.3 is 0 Å². The SMILES string of the molecule is CN(C)CCCN(C)c1cccc(Br)c1C(=N)N. The van der Waals surface area contributed by atoms with E-state index in [4.69, 9.17) is 11.1 Å². The highest BCUT2D eigenvalue weighted by molar-refractivity contribution is 9.10. The van der Waals surface area contributed by atoms with E-state index in [-0.39, 0.29) is 5.84 Å². The number of nitrogens with one attached hydrogen (secondary N) is 1. The number of benzene rings is 1. The van der Waals surface area contributed by atoms with Crippen LogP contribution in [-0.2, 0) is 0 Å². The van der Waals surface area contributed by atoms with Crippen molar-refractivity contribution in [1.82, 2.24) is 4.90 Å². The van der Waals surface area contributed by atoms with Crippen molar-refractivity contribution in [3.8, 4) is 0 Å². The third-order valence-electron chi connectivity index (χ3n) is 2.77. The molecule has 0 atom stereocenters. The van der Waals surface area contributed by atoms with Crippen LogP contribution < -0.4 is 10.6 Å². The number of nitrogen functional groups attached to an aromatic ring is 1. The lowest BCUT2D eigenvalue weighted by molar-refractivity contribution is 0.401. The molecule has 0 aromatic heterocycles. The zero-order valence-corrected chi connectivity index (χ0v) is 12.8. The molecule has 0 spiro atoms. The molecule has 0 aliphatic carbocycles. The number of nitrogens with two attached hydrogens (primary N) is 1. The molecule has 18 heavy (non-hydrogen) atoms. The largest absolute Gasteiger partial charge is 0.384 e. The molecule has 0 unspecified atom stereocenters. The van der Waals surface area contributed by atoms with E-state index in [9.17, 15) is 0 Å². The summed E-state index contributed by atoms with van der Waals surface area (Å²) in [4.78, 5) is 4.31. The van der Waals surface area contributed by atoms with Gasteiger partial charge in [0.15, 0.2) is 0 Å². The Labute approximate surface area is 117 Å². The van der Waals surface area contributed by atoms with Gasteiger partial charge in [-0.25, -0.2) is 0 Å². The molecule has 0 aliphatic rings. The maximum Gasteiger partial charge on any atom is 0.126 e. The Hall–Kier alpha value is -1.07. The Morgan fingerprint density at radius 2 is 1.94 bits per heavy atom. The summed E-state index contributed by atoms with van der Waals surface area (Å²) in [5.74, 6) is 0.0944. The summed E-state index contributed by atoms with van der Waals surface area (Å²) in [6.45, 7) is 1.99. The van der Waals surface area contributed by atoms with E-state index >= 15 is 0 Å². The highest BCUT2D eigenvalue weighted by Gasteiger charge is 2.12. The fraction of sp³-hybridized carbons (Fsp3) is 0.462. The van der Waals surface area contributed by atoms with Gasteiger partial charge in [-0.2, -0.15) is 0 Å². The highest BCUT2D eigenvalue weighted by atomic mass is 79.9. The molecule has 1 rings (SSSR count). The zero-order valence-electron chi connectivity index (χ0n) is 11.2. The Morgan fingerprint density at radius 3 is 2.50 bits per heavy atom. The minimum Gasteiger partial charge on any atom is -0.384 e. The van der Waals surface area contributed by atoms with E-state index in [2.05, 4.69) is 39.8 Å². The van der Waals surface area contributed by atoms with Gasteiger partial charge in [0.2, 0.25) is 0 Å². The Balaban J connectivity index is 2.82. The van der Waals surface area contributed by atoms with Crippen molar-refractivity contribution >= 4 is 27.5 Å². The lowest BCUT2D eigenvalue weighted by Crippen LogP contribution is -2.26. The molecular weight excluding hydrogens is 292 g/mol. The van der Waals surface area contributed by atoms with Crippen LogP contribution >= 0.6 is 15.9 Å². The molecular formula is C13H21BrN4. The van der Waals surface area contributed by atoms with Crippen LogP contribution in [0.5, 0.6) is 0 Å². The summed E-state index contributed by atoms with van der Waals surface area (Å²) in [6, 6.07) is 5.87. The first kappa shape index (κ1) is 15.0. The topological polar surface area (TPSA) is 56.4 Å². The van der Waals surface area contributed by atoms with E-state index in [1.54, 1.807) is 0 Å². The van der Waals surface area contributed by atoms with Gasteiger partial charge in [0.25, 0.3) is 0 Å². The van der Waals surface area contributed by atoms with Crippen LogP contribution in [0, 0.1) is 5.41 Å². The predicted molar refractivity (Wildman–Crippen MR) is 81.6 cm³/mol. The first-order valence-electron chi connectivity index (χ1n) is 5.92. The van der Waals surface area contributed by atoms with Crippen molar-refractivity contribution in [2.24, 2.45) is 5.73 Å². The summed E-state index contributed by atoms with van der Waals surface area (Å²) in [5.41, 5.74) is 7.41. The Kier molecular flexibility index (Phi) is 5.62. The smallest absolute Gasteiger partial charge is 0.126 e. The average molecular weight is 313 g/mol. The second-order valence-corrected chi connectivity index (χ2v) is 5.48. The lowest BCUT2D eigenvalue weighted by atomic mass is 10.1. The second kappa shape index (κ2) is 6.75. The zero-order chi connectivity index (χ0) is 13.7. The van der Waals surface area contributed by atoms with E-state index in [0.717, 1.165) is 35.2 Å². The van der Waals surface area contributed by atoms with Crippen LogP contribution in [0.25, 0.3) is 0 Å². The van der Waals surface area contributed by atoms with Crippen LogP contribution in [-0.4, -0.2) is 45.0 Å². The number of rotatable bonds is 6. The number of nitrogens with zero attached hydrogens (tertiary/aromatic N) is 2. The summed E-state index contributed by atoms with van der Waals surface area (Å²) in [5, 5.41) is 7.67. The highest BCUT2D eigenvalue weighted by Crippen LogP contribution is 2.26. The number of hydrogen-bond donors (Lipinski definition) is 2. The van der Waals surface area contributed by atoms with Gasteiger partial charge < -0.3 is 15.5 Å². The van der Waals surface area contributed by atoms with Crippen LogP contribution in [0.2, 0.25) is 0 Å². The number of anilines is 1. The van der Waals surface area contributed by atoms with Gasteiger partial charge in [-0.1, -0.05) is 6.07 Å². The van der Waals surface area contributed by atoms with Crippen molar-refractivity contribution in [2.45, 2.75) is 6.42 Å². The molecule has 0 saturated heterocycles. The van der Waals surface area contributed by atoms with Crippen molar-refractivity contribution < 1.29 is 0 Å². The molecule has 0 aliphatic heterocycles. The van der Waals surface area contributed by atoms with E-state index in [1.807, 2.05) is 25.2 Å². The molecule has 1 aromatic carbocycles. The molecule has 100 valence electrons. The van der Waals surface area contributed by atoms with Crippen LogP contribution in [0.15, 0.2) is 22.7 Å². The monoisotopic (exact) mass is 312 g/mol. The van der Waals surface area contributed by atoms with Gasteiger partial charge in [0.05, 0.1) is 5.56 Å². The lowest BCUT2D eigenvalue weighted by Gasteiger charge is -2.23. The molecule has 0 fully saturated rings. The molecule has 1 aromatic rings. The van der Waals surface area contributed by atoms with Crippen LogP contribution in [0.1, 0.15) is 12.0 Å². The number of halogens is 1. The summed E-state index contributed by atoms with van der Waals surface area (Å²) < 4.78 is 0.868. The van der Waals surface area contributed by atoms with Gasteiger partial charge in [0.1, 0.15) is 5.84 Å². The molecule has 0 saturated carbocycles. The van der Waals surface area contributed by atoms with Crippen molar-refractivity contribution in [3.63, 3.8) is 0 Å². The van der Waals surface area contributed by atoms with Crippen LogP contribution in [0.3, 0.4) is 0 Å². The third kappa shape index (κ3) is 3.99. The fourth-order valence-corrected chi connectivity index (χ4v) is 2.41. The minimum absolute atomic E-state index is 0.0944. The molecule has 0 amide bonds. The Bertz CT molecular complexity index is 417. The first-order chi connectivity index (χ1) is 8.43. The third-order valence-corrected chi connectivity index (χ3v) is 3.43. The number of amidine groups is 1. The predicted octanol–water partition coefficient (Wildman–Crippen LogP) is 2.12. The quantitative estimate of drug-likeness (QED) is 0.625. The van der Waals surface area contributed by atoms with E-state index < -0.39 is 0 Å². The standard InChI is InChI=1S/C13H21BrN4/c1-17(2)8-5-9-18(3)11-7-4-6-10(14)12(11)13(15)16/h4,6-7H,5,8-9H2,1-3H3,(H3,15,16). The van der Waals surface area contributed by atoms with Gasteiger partial charge in [0, 0.05) is 23.8 Å². The fourth-order valence-electron chi connectivity index (χ4n) is 1.84. The molecule has 0 bridgehead atoms. The average Bonchev–Trinajstić information content (AvgIpc) is 2.27. The maximum absolute atomic E-state index is 7.67. The second-order valence-electron chi connectivity index (χ2n) is 4.63. The van der Waals surface area contributed by atoms with E-state index in [0.29, 0.717) is 0 Å². The molecule has 3 N–H and O–H groups in total. The normalized spacial score (nSPS) is 10.7. The molecule has 4 nitrogen and oxygen atoms in total. The number of hydrogen-bond acceptors (Lipinski definition) is 3. The summed E-state index contributed by atoms with van der Waals surface area (Å²) in [7, 11) is 6.17. The van der Waals surface area contributed by atoms with Crippen molar-refractivity contribution in [3.05, 3.63) is 28.2 Å². The molecule has 0 heterocycles. The summed E-state index contributed by atoms with van der Waals surface area (Å²) in [6.07, 6.45) is 1.08. The van der Waals surface area contributed by atoms with E-state index in [1.165, 1.54) is 0 Å². The van der Waals surface area contributed by atoms with Crippen molar-refractivity contribution in [2.75, 3.05) is 39.1 Å². The van der Waals surface area contributed by atoms with Gasteiger partial charge in [-0.3, -0.25) is 5.41 Å². The van der Waals surface area contributed by atoms with Gasteiger partial charge in [-0.05, 0) is 55.1 Å². The minimum atomic E-state index is 0.0944. The van der Waals surface area contributed by atoms with Gasteiger partial charge in [-0.15, -0.1) is 0 Å². The van der Waals surface area contributed by atoms with Crippen molar-refractivity contribution in [1.29, 1.82) is 5.41 Å². The molecule has 0 radical (unpaired) electrons. The first-order valence-corrected chi connectivity index (χ1v) is 6.71. The summed E-state index contributed by atoms with van der Waals surface area (Å²) >= 11 is 3.45. The Morgan fingerprint density at radius 1 is 1.28 bits per heavy atom. The molecule has 5 heteroatoms.